The highest BCUT2D eigenvalue weighted by molar-refractivity contribution is 5.84. The number of aromatic nitrogens is 5. The summed E-state index contributed by atoms with van der Waals surface area (Å²) < 4.78 is 0. The molecule has 0 saturated carbocycles. The van der Waals surface area contributed by atoms with E-state index < -0.39 is 0 Å². The minimum atomic E-state index is 0.258. The van der Waals surface area contributed by atoms with E-state index in [1.165, 1.54) is 6.33 Å². The third-order valence-corrected chi connectivity index (χ3v) is 4.27. The van der Waals surface area contributed by atoms with Gasteiger partial charge in [-0.2, -0.15) is 4.98 Å². The number of H-pyrrole nitrogens is 1. The SMILES string of the molecule is O=C1CCCN1CCCNc1ncnc2nc(Nc3ccccn3)[nH]c12. The lowest BCUT2D eigenvalue weighted by Gasteiger charge is -2.15. The Morgan fingerprint density at radius 2 is 2.19 bits per heavy atom. The summed E-state index contributed by atoms with van der Waals surface area (Å²) in [7, 11) is 0. The summed E-state index contributed by atoms with van der Waals surface area (Å²) >= 11 is 0. The lowest BCUT2D eigenvalue weighted by molar-refractivity contribution is -0.127. The Labute approximate surface area is 150 Å². The van der Waals surface area contributed by atoms with Crippen molar-refractivity contribution in [2.75, 3.05) is 30.3 Å². The average Bonchev–Trinajstić information content (AvgIpc) is 3.25. The summed E-state index contributed by atoms with van der Waals surface area (Å²) in [4.78, 5) is 33.9. The van der Waals surface area contributed by atoms with Gasteiger partial charge < -0.3 is 20.5 Å². The number of carbonyl (C=O) groups excluding carboxylic acids is 1. The fraction of sp³-hybridized carbons (Fsp3) is 0.353. The molecule has 1 aliphatic rings. The average molecular weight is 352 g/mol. The number of fused-ring (bicyclic) bond motifs is 1. The predicted molar refractivity (Wildman–Crippen MR) is 98.1 cm³/mol. The third-order valence-electron chi connectivity index (χ3n) is 4.27. The molecule has 1 aliphatic heterocycles. The number of anilines is 3. The van der Waals surface area contributed by atoms with Crippen LogP contribution in [0.3, 0.4) is 0 Å². The van der Waals surface area contributed by atoms with E-state index in [4.69, 9.17) is 0 Å². The van der Waals surface area contributed by atoms with E-state index in [1.807, 2.05) is 23.1 Å². The summed E-state index contributed by atoms with van der Waals surface area (Å²) in [5.74, 6) is 2.21. The highest BCUT2D eigenvalue weighted by Crippen LogP contribution is 2.20. The van der Waals surface area contributed by atoms with Gasteiger partial charge in [0.05, 0.1) is 0 Å². The molecule has 3 aromatic rings. The molecule has 4 rings (SSSR count). The van der Waals surface area contributed by atoms with E-state index in [0.29, 0.717) is 29.7 Å². The molecule has 0 radical (unpaired) electrons. The molecule has 0 bridgehead atoms. The number of pyridine rings is 1. The Kier molecular flexibility index (Phi) is 4.59. The Morgan fingerprint density at radius 3 is 3.00 bits per heavy atom. The van der Waals surface area contributed by atoms with Gasteiger partial charge in [-0.05, 0) is 25.0 Å². The van der Waals surface area contributed by atoms with Crippen molar-refractivity contribution in [1.29, 1.82) is 0 Å². The van der Waals surface area contributed by atoms with Crippen LogP contribution in [0.15, 0.2) is 30.7 Å². The largest absolute Gasteiger partial charge is 0.368 e. The number of likely N-dealkylation sites (tertiary alicyclic amines) is 1. The van der Waals surface area contributed by atoms with E-state index in [1.54, 1.807) is 6.20 Å². The van der Waals surface area contributed by atoms with Crippen molar-refractivity contribution in [1.82, 2.24) is 29.8 Å². The molecular weight excluding hydrogens is 332 g/mol. The number of nitrogens with one attached hydrogen (secondary N) is 3. The molecule has 1 saturated heterocycles. The van der Waals surface area contributed by atoms with Crippen LogP contribution in [-0.4, -0.2) is 55.4 Å². The maximum absolute atomic E-state index is 11.6. The molecule has 3 N–H and O–H groups in total. The van der Waals surface area contributed by atoms with Crippen molar-refractivity contribution in [2.24, 2.45) is 0 Å². The zero-order valence-electron chi connectivity index (χ0n) is 14.3. The second-order valence-electron chi connectivity index (χ2n) is 6.11. The first-order valence-electron chi connectivity index (χ1n) is 8.70. The summed E-state index contributed by atoms with van der Waals surface area (Å²) in [5, 5.41) is 6.41. The lowest BCUT2D eigenvalue weighted by Crippen LogP contribution is -2.27. The third kappa shape index (κ3) is 3.56. The van der Waals surface area contributed by atoms with Gasteiger partial charge in [0.15, 0.2) is 11.5 Å². The van der Waals surface area contributed by atoms with Gasteiger partial charge in [0.2, 0.25) is 11.9 Å². The van der Waals surface area contributed by atoms with Gasteiger partial charge in [-0.25, -0.2) is 15.0 Å². The van der Waals surface area contributed by atoms with Crippen LogP contribution in [0, 0.1) is 0 Å². The monoisotopic (exact) mass is 352 g/mol. The number of rotatable bonds is 7. The molecule has 134 valence electrons. The summed E-state index contributed by atoms with van der Waals surface area (Å²) in [6.07, 6.45) is 5.71. The number of aromatic amines is 1. The smallest absolute Gasteiger partial charge is 0.222 e. The molecule has 4 heterocycles. The number of nitrogens with zero attached hydrogens (tertiary/aromatic N) is 5. The van der Waals surface area contributed by atoms with Gasteiger partial charge in [0.1, 0.15) is 17.7 Å². The van der Waals surface area contributed by atoms with Crippen LogP contribution in [0.4, 0.5) is 17.6 Å². The van der Waals surface area contributed by atoms with Gasteiger partial charge in [-0.3, -0.25) is 4.79 Å². The molecule has 0 unspecified atom stereocenters. The highest BCUT2D eigenvalue weighted by Gasteiger charge is 2.19. The topological polar surface area (TPSA) is 112 Å². The molecule has 9 heteroatoms. The molecule has 0 aliphatic carbocycles. The molecule has 0 spiro atoms. The van der Waals surface area contributed by atoms with Crippen LogP contribution in [0.2, 0.25) is 0 Å². The Bertz CT molecular complexity index is 894. The Balaban J connectivity index is 1.40. The number of imidazole rings is 1. The lowest BCUT2D eigenvalue weighted by atomic mass is 10.3. The Hall–Kier alpha value is -3.23. The second-order valence-corrected chi connectivity index (χ2v) is 6.11. The summed E-state index contributed by atoms with van der Waals surface area (Å²) in [6.45, 7) is 2.37. The molecule has 26 heavy (non-hydrogen) atoms. The first-order valence-corrected chi connectivity index (χ1v) is 8.70. The van der Waals surface area contributed by atoms with Crippen molar-refractivity contribution < 1.29 is 4.79 Å². The molecule has 1 fully saturated rings. The molecule has 1 amide bonds. The second kappa shape index (κ2) is 7.34. The van der Waals surface area contributed by atoms with E-state index in [0.717, 1.165) is 38.0 Å². The normalized spacial score (nSPS) is 14.2. The standard InChI is InChI=1S/C17H20N8O/c26-13-6-3-9-25(13)10-4-8-19-15-14-16(21-11-20-15)24-17(23-14)22-12-5-1-2-7-18-12/h1-2,5,7,11H,3-4,6,8-10H2,(H3,18,19,20,21,22,23,24). The van der Waals surface area contributed by atoms with Gasteiger partial charge in [0.25, 0.3) is 0 Å². The number of carbonyl (C=O) groups is 1. The van der Waals surface area contributed by atoms with E-state index in [-0.39, 0.29) is 5.91 Å². The van der Waals surface area contributed by atoms with Crippen molar-refractivity contribution in [3.05, 3.63) is 30.7 Å². The molecule has 0 atom stereocenters. The van der Waals surface area contributed by atoms with Crippen LogP contribution >= 0.6 is 0 Å². The minimum absolute atomic E-state index is 0.258. The first kappa shape index (κ1) is 16.2. The van der Waals surface area contributed by atoms with E-state index >= 15 is 0 Å². The van der Waals surface area contributed by atoms with Crippen molar-refractivity contribution in [2.45, 2.75) is 19.3 Å². The summed E-state index contributed by atoms with van der Waals surface area (Å²) in [5.41, 5.74) is 1.32. The predicted octanol–water partition coefficient (Wildman–Crippen LogP) is 1.92. The molecule has 3 aromatic heterocycles. The fourth-order valence-corrected chi connectivity index (χ4v) is 3.00. The van der Waals surface area contributed by atoms with Gasteiger partial charge >= 0.3 is 0 Å². The minimum Gasteiger partial charge on any atom is -0.368 e. The number of hydrogen-bond acceptors (Lipinski definition) is 7. The summed E-state index contributed by atoms with van der Waals surface area (Å²) in [6, 6.07) is 5.61. The van der Waals surface area contributed by atoms with Gasteiger partial charge in [-0.1, -0.05) is 6.07 Å². The zero-order valence-corrected chi connectivity index (χ0v) is 14.3. The number of hydrogen-bond donors (Lipinski definition) is 3. The molecular formula is C17H20N8O. The van der Waals surface area contributed by atoms with Gasteiger partial charge in [0, 0.05) is 32.3 Å². The quantitative estimate of drug-likeness (QED) is 0.557. The number of amides is 1. The highest BCUT2D eigenvalue weighted by atomic mass is 16.2. The fourth-order valence-electron chi connectivity index (χ4n) is 3.00. The van der Waals surface area contributed by atoms with Gasteiger partial charge in [-0.15, -0.1) is 0 Å². The van der Waals surface area contributed by atoms with Crippen molar-refractivity contribution in [3.8, 4) is 0 Å². The molecule has 0 aromatic carbocycles. The van der Waals surface area contributed by atoms with Crippen molar-refractivity contribution >= 4 is 34.7 Å². The maximum atomic E-state index is 11.6. The maximum Gasteiger partial charge on any atom is 0.222 e. The Morgan fingerprint density at radius 1 is 1.23 bits per heavy atom. The van der Waals surface area contributed by atoms with E-state index in [9.17, 15) is 4.79 Å². The van der Waals surface area contributed by atoms with Crippen LogP contribution < -0.4 is 10.6 Å². The van der Waals surface area contributed by atoms with Crippen LogP contribution in [0.1, 0.15) is 19.3 Å². The van der Waals surface area contributed by atoms with Crippen LogP contribution in [-0.2, 0) is 4.79 Å². The van der Waals surface area contributed by atoms with Crippen LogP contribution in [0.25, 0.3) is 11.2 Å². The van der Waals surface area contributed by atoms with E-state index in [2.05, 4.69) is 35.6 Å². The zero-order chi connectivity index (χ0) is 17.8. The molecule has 9 nitrogen and oxygen atoms in total. The van der Waals surface area contributed by atoms with Crippen LogP contribution in [0.5, 0.6) is 0 Å². The van der Waals surface area contributed by atoms with Crippen molar-refractivity contribution in [3.63, 3.8) is 0 Å². The first-order chi connectivity index (χ1) is 12.8.